The molecule has 1 aromatic heterocycles. The van der Waals surface area contributed by atoms with Gasteiger partial charge in [-0.05, 0) is 38.9 Å². The Labute approximate surface area is 108 Å². The molecule has 0 atom stereocenters. The number of rotatable bonds is 7. The van der Waals surface area contributed by atoms with Crippen LogP contribution in [-0.2, 0) is 17.6 Å². The number of ether oxygens (including phenoxy) is 1. The van der Waals surface area contributed by atoms with Crippen LogP contribution in [0.4, 0.5) is 0 Å². The van der Waals surface area contributed by atoms with Gasteiger partial charge in [0.2, 0.25) is 5.89 Å². The molecule has 102 valence electrons. The Morgan fingerprint density at radius 2 is 2.06 bits per heavy atom. The predicted octanol–water partition coefficient (Wildman–Crippen LogP) is 1.68. The Hall–Kier alpha value is -0.940. The molecule has 5 nitrogen and oxygen atoms in total. The van der Waals surface area contributed by atoms with Crippen molar-refractivity contribution in [2.75, 3.05) is 33.4 Å². The molecular formula is C13H23N3O2. The minimum atomic E-state index is 0.646. The zero-order valence-corrected chi connectivity index (χ0v) is 11.2. The van der Waals surface area contributed by atoms with Crippen molar-refractivity contribution in [1.29, 1.82) is 0 Å². The number of hydrogen-bond donors (Lipinski definition) is 0. The third kappa shape index (κ3) is 4.38. The molecule has 5 heteroatoms. The molecule has 1 aromatic rings. The van der Waals surface area contributed by atoms with E-state index < -0.39 is 0 Å². The lowest BCUT2D eigenvalue weighted by molar-refractivity contribution is 0.199. The van der Waals surface area contributed by atoms with Crippen LogP contribution in [0.1, 0.15) is 37.4 Å². The maximum Gasteiger partial charge on any atom is 0.226 e. The summed E-state index contributed by atoms with van der Waals surface area (Å²) in [6.45, 7) is 4.30. The van der Waals surface area contributed by atoms with Crippen molar-refractivity contribution >= 4 is 0 Å². The van der Waals surface area contributed by atoms with Crippen molar-refractivity contribution in [2.45, 2.75) is 38.5 Å². The summed E-state index contributed by atoms with van der Waals surface area (Å²) in [5, 5.41) is 3.94. The summed E-state index contributed by atoms with van der Waals surface area (Å²) in [5.74, 6) is 1.52. The fourth-order valence-corrected chi connectivity index (χ4v) is 2.32. The largest absolute Gasteiger partial charge is 0.384 e. The molecule has 2 heterocycles. The zero-order valence-electron chi connectivity index (χ0n) is 11.2. The summed E-state index contributed by atoms with van der Waals surface area (Å²) in [4.78, 5) is 6.89. The second-order valence-corrected chi connectivity index (χ2v) is 4.85. The Kier molecular flexibility index (Phi) is 5.61. The monoisotopic (exact) mass is 253 g/mol. The number of aromatic nitrogens is 2. The van der Waals surface area contributed by atoms with E-state index in [2.05, 4.69) is 15.0 Å². The summed E-state index contributed by atoms with van der Waals surface area (Å²) in [7, 11) is 1.68. The van der Waals surface area contributed by atoms with Crippen LogP contribution in [0.5, 0.6) is 0 Å². The van der Waals surface area contributed by atoms with Gasteiger partial charge >= 0.3 is 0 Å². The molecule has 0 spiro atoms. The first-order valence-corrected chi connectivity index (χ1v) is 6.91. The molecule has 0 bridgehead atoms. The number of aryl methyl sites for hydroxylation is 1. The topological polar surface area (TPSA) is 51.4 Å². The molecule has 0 radical (unpaired) electrons. The highest BCUT2D eigenvalue weighted by molar-refractivity contribution is 4.86. The first-order chi connectivity index (χ1) is 8.88. The van der Waals surface area contributed by atoms with E-state index in [1.165, 1.54) is 32.4 Å². The highest BCUT2D eigenvalue weighted by atomic mass is 16.5. The van der Waals surface area contributed by atoms with Gasteiger partial charge in [0, 0.05) is 20.0 Å². The third-order valence-corrected chi connectivity index (χ3v) is 3.35. The standard InChI is InChI=1S/C13H23N3O2/c1-17-11-7-12-14-13(18-15-12)6-5-10-16-8-3-2-4-9-16/h2-11H2,1H3. The van der Waals surface area contributed by atoms with Crippen LogP contribution in [0.25, 0.3) is 0 Å². The zero-order chi connectivity index (χ0) is 12.6. The average molecular weight is 253 g/mol. The molecule has 1 fully saturated rings. The lowest BCUT2D eigenvalue weighted by Gasteiger charge is -2.25. The van der Waals surface area contributed by atoms with Gasteiger partial charge in [-0.2, -0.15) is 4.98 Å². The smallest absolute Gasteiger partial charge is 0.226 e. The Balaban J connectivity index is 1.64. The number of methoxy groups -OCH3 is 1. The van der Waals surface area contributed by atoms with Crippen molar-refractivity contribution < 1.29 is 9.26 Å². The van der Waals surface area contributed by atoms with Crippen molar-refractivity contribution in [3.05, 3.63) is 11.7 Å². The lowest BCUT2D eigenvalue weighted by Crippen LogP contribution is -2.30. The Bertz CT molecular complexity index is 335. The van der Waals surface area contributed by atoms with E-state index in [1.54, 1.807) is 7.11 Å². The average Bonchev–Trinajstić information content (AvgIpc) is 2.85. The maximum atomic E-state index is 5.22. The van der Waals surface area contributed by atoms with Gasteiger partial charge in [-0.3, -0.25) is 0 Å². The van der Waals surface area contributed by atoms with E-state index in [1.807, 2.05) is 0 Å². The number of piperidine rings is 1. The van der Waals surface area contributed by atoms with E-state index in [9.17, 15) is 0 Å². The van der Waals surface area contributed by atoms with Crippen LogP contribution in [0.15, 0.2) is 4.52 Å². The number of likely N-dealkylation sites (tertiary alicyclic amines) is 1. The molecule has 0 saturated carbocycles. The lowest BCUT2D eigenvalue weighted by atomic mass is 10.1. The number of hydrogen-bond acceptors (Lipinski definition) is 5. The molecule has 1 aliphatic rings. The summed E-state index contributed by atoms with van der Waals surface area (Å²) in [5.41, 5.74) is 0. The maximum absolute atomic E-state index is 5.22. The van der Waals surface area contributed by atoms with Crippen molar-refractivity contribution in [2.24, 2.45) is 0 Å². The van der Waals surface area contributed by atoms with Crippen molar-refractivity contribution in [3.8, 4) is 0 Å². The van der Waals surface area contributed by atoms with E-state index in [-0.39, 0.29) is 0 Å². The Morgan fingerprint density at radius 3 is 2.83 bits per heavy atom. The van der Waals surface area contributed by atoms with Gasteiger partial charge in [0.05, 0.1) is 6.61 Å². The van der Waals surface area contributed by atoms with E-state index >= 15 is 0 Å². The van der Waals surface area contributed by atoms with Gasteiger partial charge in [-0.15, -0.1) is 0 Å². The minimum Gasteiger partial charge on any atom is -0.384 e. The summed E-state index contributed by atoms with van der Waals surface area (Å²) in [6.07, 6.45) is 6.81. The van der Waals surface area contributed by atoms with Gasteiger partial charge in [-0.1, -0.05) is 11.6 Å². The second kappa shape index (κ2) is 7.48. The first-order valence-electron chi connectivity index (χ1n) is 6.91. The predicted molar refractivity (Wildman–Crippen MR) is 68.5 cm³/mol. The molecule has 1 saturated heterocycles. The fraction of sp³-hybridized carbons (Fsp3) is 0.846. The number of nitrogens with zero attached hydrogens (tertiary/aromatic N) is 3. The van der Waals surface area contributed by atoms with Gasteiger partial charge in [0.25, 0.3) is 0 Å². The molecule has 1 aliphatic heterocycles. The first kappa shape index (κ1) is 13.5. The normalized spacial score (nSPS) is 17.2. The van der Waals surface area contributed by atoms with Crippen LogP contribution in [-0.4, -0.2) is 48.4 Å². The molecule has 0 aromatic carbocycles. The summed E-state index contributed by atoms with van der Waals surface area (Å²) in [6, 6.07) is 0. The Morgan fingerprint density at radius 1 is 1.22 bits per heavy atom. The highest BCUT2D eigenvalue weighted by Gasteiger charge is 2.11. The molecule has 0 aliphatic carbocycles. The van der Waals surface area contributed by atoms with Gasteiger partial charge in [-0.25, -0.2) is 0 Å². The van der Waals surface area contributed by atoms with Crippen LogP contribution < -0.4 is 0 Å². The van der Waals surface area contributed by atoms with E-state index in [4.69, 9.17) is 9.26 Å². The van der Waals surface area contributed by atoms with Crippen molar-refractivity contribution in [3.63, 3.8) is 0 Å². The molecule has 2 rings (SSSR count). The van der Waals surface area contributed by atoms with Crippen LogP contribution >= 0.6 is 0 Å². The SMILES string of the molecule is COCCc1noc(CCCN2CCCCC2)n1. The molecular weight excluding hydrogens is 230 g/mol. The van der Waals surface area contributed by atoms with Crippen molar-refractivity contribution in [1.82, 2.24) is 15.0 Å². The summed E-state index contributed by atoms with van der Waals surface area (Å²) < 4.78 is 10.2. The third-order valence-electron chi connectivity index (χ3n) is 3.35. The molecule has 0 unspecified atom stereocenters. The van der Waals surface area contributed by atoms with Crippen LogP contribution in [0.2, 0.25) is 0 Å². The van der Waals surface area contributed by atoms with E-state index in [0.717, 1.165) is 37.5 Å². The molecule has 0 N–H and O–H groups in total. The van der Waals surface area contributed by atoms with Crippen LogP contribution in [0.3, 0.4) is 0 Å². The van der Waals surface area contributed by atoms with E-state index in [0.29, 0.717) is 6.61 Å². The minimum absolute atomic E-state index is 0.646. The quantitative estimate of drug-likeness (QED) is 0.740. The van der Waals surface area contributed by atoms with Gasteiger partial charge in [0.1, 0.15) is 0 Å². The van der Waals surface area contributed by atoms with Gasteiger partial charge in [0.15, 0.2) is 5.82 Å². The van der Waals surface area contributed by atoms with Gasteiger partial charge < -0.3 is 14.2 Å². The highest BCUT2D eigenvalue weighted by Crippen LogP contribution is 2.10. The molecule has 18 heavy (non-hydrogen) atoms. The van der Waals surface area contributed by atoms with Crippen LogP contribution in [0, 0.1) is 0 Å². The molecule has 0 amide bonds. The second-order valence-electron chi connectivity index (χ2n) is 4.85. The fourth-order valence-electron chi connectivity index (χ4n) is 2.32. The summed E-state index contributed by atoms with van der Waals surface area (Å²) >= 11 is 0.